The maximum atomic E-state index is 9.10. The average molecular weight is 224 g/mol. The topological polar surface area (TPSA) is 74.6 Å². The molecular formula is C10H8O4S. The summed E-state index contributed by atoms with van der Waals surface area (Å²) < 4.78 is 1.37. The van der Waals surface area contributed by atoms with Crippen LogP contribution in [0.4, 0.5) is 0 Å². The molecule has 2 N–H and O–H groups in total. The van der Waals surface area contributed by atoms with Crippen molar-refractivity contribution in [3.8, 4) is 0 Å². The standard InChI is InChI=1S/C8H6S.C2H2O4/c1-2-4-8-7(3-1)5-6-9-8;3-1(4)2(5)6/h1-6H;(H,3,4)(H,5,6). The van der Waals surface area contributed by atoms with Gasteiger partial charge in [-0.2, -0.15) is 0 Å². The average Bonchev–Trinajstić information content (AvgIpc) is 2.66. The number of thiophene rings is 1. The van der Waals surface area contributed by atoms with Gasteiger partial charge >= 0.3 is 11.9 Å². The first-order chi connectivity index (χ1) is 7.11. The zero-order chi connectivity index (χ0) is 11.3. The summed E-state index contributed by atoms with van der Waals surface area (Å²) in [5, 5.41) is 18.2. The molecule has 0 bridgehead atoms. The molecule has 0 aliphatic carbocycles. The Hall–Kier alpha value is -1.88. The van der Waals surface area contributed by atoms with Crippen molar-refractivity contribution in [2.45, 2.75) is 0 Å². The molecular weight excluding hydrogens is 216 g/mol. The lowest BCUT2D eigenvalue weighted by atomic mass is 10.3. The Labute approximate surface area is 89.4 Å². The van der Waals surface area contributed by atoms with Gasteiger partial charge in [0.05, 0.1) is 0 Å². The molecule has 0 saturated heterocycles. The Morgan fingerprint density at radius 3 is 2.13 bits per heavy atom. The summed E-state index contributed by atoms with van der Waals surface area (Å²) >= 11 is 1.79. The lowest BCUT2D eigenvalue weighted by molar-refractivity contribution is -0.159. The van der Waals surface area contributed by atoms with Gasteiger partial charge in [-0.1, -0.05) is 18.2 Å². The van der Waals surface area contributed by atoms with Gasteiger partial charge in [-0.15, -0.1) is 11.3 Å². The minimum Gasteiger partial charge on any atom is -0.473 e. The van der Waals surface area contributed by atoms with E-state index in [1.54, 1.807) is 11.3 Å². The molecule has 1 aromatic heterocycles. The van der Waals surface area contributed by atoms with E-state index in [-0.39, 0.29) is 0 Å². The summed E-state index contributed by atoms with van der Waals surface area (Å²) in [6, 6.07) is 10.5. The van der Waals surface area contributed by atoms with E-state index >= 15 is 0 Å². The number of benzene rings is 1. The summed E-state index contributed by atoms with van der Waals surface area (Å²) in [5.41, 5.74) is 0. The molecule has 2 aromatic rings. The van der Waals surface area contributed by atoms with Crippen LogP contribution in [0.3, 0.4) is 0 Å². The molecule has 0 atom stereocenters. The molecule has 0 amide bonds. The van der Waals surface area contributed by atoms with Crippen LogP contribution in [-0.2, 0) is 9.59 Å². The molecule has 0 aliphatic heterocycles. The number of fused-ring (bicyclic) bond motifs is 1. The number of carboxylic acid groups (broad SMARTS) is 2. The maximum absolute atomic E-state index is 9.10. The highest BCUT2D eigenvalue weighted by Gasteiger charge is 2.04. The fraction of sp³-hybridized carbons (Fsp3) is 0. The minimum absolute atomic E-state index is 1.35. The van der Waals surface area contributed by atoms with Gasteiger partial charge in [0.25, 0.3) is 0 Å². The normalized spacial score (nSPS) is 9.07. The fourth-order valence-electron chi connectivity index (χ4n) is 0.906. The van der Waals surface area contributed by atoms with Crippen molar-refractivity contribution in [3.63, 3.8) is 0 Å². The molecule has 1 aromatic carbocycles. The SMILES string of the molecule is O=C(O)C(=O)O.c1ccc2sccc2c1. The summed E-state index contributed by atoms with van der Waals surface area (Å²) in [6.07, 6.45) is 0. The third kappa shape index (κ3) is 3.40. The monoisotopic (exact) mass is 224 g/mol. The van der Waals surface area contributed by atoms with E-state index in [1.807, 2.05) is 0 Å². The Kier molecular flexibility index (Phi) is 3.82. The van der Waals surface area contributed by atoms with Gasteiger partial charge in [-0.05, 0) is 22.9 Å². The second kappa shape index (κ2) is 5.11. The highest BCUT2D eigenvalue weighted by atomic mass is 32.1. The second-order valence-corrected chi connectivity index (χ2v) is 3.52. The minimum atomic E-state index is -1.82. The van der Waals surface area contributed by atoms with Crippen LogP contribution in [0.5, 0.6) is 0 Å². The summed E-state index contributed by atoms with van der Waals surface area (Å²) in [4.78, 5) is 18.2. The Balaban J connectivity index is 0.000000167. The van der Waals surface area contributed by atoms with Crippen LogP contribution in [-0.4, -0.2) is 22.2 Å². The van der Waals surface area contributed by atoms with Gasteiger partial charge in [0.15, 0.2) is 0 Å². The second-order valence-electron chi connectivity index (χ2n) is 2.57. The zero-order valence-corrected chi connectivity index (χ0v) is 8.40. The molecule has 0 aliphatic rings. The summed E-state index contributed by atoms with van der Waals surface area (Å²) in [5.74, 6) is -3.65. The van der Waals surface area contributed by atoms with Crippen molar-refractivity contribution >= 4 is 33.4 Å². The predicted molar refractivity (Wildman–Crippen MR) is 57.1 cm³/mol. The van der Waals surface area contributed by atoms with Crippen molar-refractivity contribution in [2.24, 2.45) is 0 Å². The number of carbonyl (C=O) groups is 2. The van der Waals surface area contributed by atoms with Gasteiger partial charge in [-0.25, -0.2) is 9.59 Å². The molecule has 0 unspecified atom stereocenters. The number of carboxylic acids is 2. The maximum Gasteiger partial charge on any atom is 0.414 e. The van der Waals surface area contributed by atoms with Gasteiger partial charge in [-0.3, -0.25) is 0 Å². The van der Waals surface area contributed by atoms with Crippen LogP contribution >= 0.6 is 11.3 Å². The Morgan fingerprint density at radius 2 is 1.60 bits per heavy atom. The molecule has 15 heavy (non-hydrogen) atoms. The van der Waals surface area contributed by atoms with E-state index in [1.165, 1.54) is 10.1 Å². The van der Waals surface area contributed by atoms with Gasteiger partial charge in [0.1, 0.15) is 0 Å². The largest absolute Gasteiger partial charge is 0.473 e. The molecule has 2 rings (SSSR count). The third-order valence-corrected chi connectivity index (χ3v) is 2.44. The number of aliphatic carboxylic acids is 2. The van der Waals surface area contributed by atoms with E-state index in [2.05, 4.69) is 35.7 Å². The van der Waals surface area contributed by atoms with Gasteiger partial charge in [0, 0.05) is 4.70 Å². The zero-order valence-electron chi connectivity index (χ0n) is 7.58. The fourth-order valence-corrected chi connectivity index (χ4v) is 1.70. The summed E-state index contributed by atoms with van der Waals surface area (Å²) in [7, 11) is 0. The van der Waals surface area contributed by atoms with E-state index < -0.39 is 11.9 Å². The lowest BCUT2D eigenvalue weighted by Gasteiger charge is -1.82. The first-order valence-corrected chi connectivity index (χ1v) is 4.87. The van der Waals surface area contributed by atoms with Crippen molar-refractivity contribution in [2.75, 3.05) is 0 Å². The van der Waals surface area contributed by atoms with E-state index in [0.717, 1.165) is 0 Å². The lowest BCUT2D eigenvalue weighted by Crippen LogP contribution is -2.09. The molecule has 78 valence electrons. The molecule has 0 saturated carbocycles. The molecule has 1 heterocycles. The first-order valence-electron chi connectivity index (χ1n) is 3.99. The highest BCUT2D eigenvalue weighted by Crippen LogP contribution is 2.18. The van der Waals surface area contributed by atoms with Crippen molar-refractivity contribution in [1.82, 2.24) is 0 Å². The first kappa shape index (κ1) is 11.2. The quantitative estimate of drug-likeness (QED) is 0.671. The highest BCUT2D eigenvalue weighted by molar-refractivity contribution is 7.17. The molecule has 5 heteroatoms. The van der Waals surface area contributed by atoms with Crippen LogP contribution in [0.1, 0.15) is 0 Å². The van der Waals surface area contributed by atoms with Crippen molar-refractivity contribution in [3.05, 3.63) is 35.7 Å². The third-order valence-electron chi connectivity index (χ3n) is 1.54. The Morgan fingerprint density at radius 1 is 1.00 bits per heavy atom. The van der Waals surface area contributed by atoms with E-state index in [4.69, 9.17) is 19.8 Å². The number of hydrogen-bond donors (Lipinski definition) is 2. The van der Waals surface area contributed by atoms with Crippen LogP contribution in [0.15, 0.2) is 35.7 Å². The van der Waals surface area contributed by atoms with E-state index in [0.29, 0.717) is 0 Å². The van der Waals surface area contributed by atoms with Crippen LogP contribution in [0.25, 0.3) is 10.1 Å². The van der Waals surface area contributed by atoms with Gasteiger partial charge < -0.3 is 10.2 Å². The number of rotatable bonds is 0. The van der Waals surface area contributed by atoms with Crippen LogP contribution in [0.2, 0.25) is 0 Å². The van der Waals surface area contributed by atoms with Crippen molar-refractivity contribution in [1.29, 1.82) is 0 Å². The summed E-state index contributed by atoms with van der Waals surface area (Å²) in [6.45, 7) is 0. The molecule has 0 spiro atoms. The molecule has 4 nitrogen and oxygen atoms in total. The predicted octanol–water partition coefficient (Wildman–Crippen LogP) is 2.06. The van der Waals surface area contributed by atoms with Crippen molar-refractivity contribution < 1.29 is 19.8 Å². The molecule has 0 fully saturated rings. The Bertz CT molecular complexity index is 433. The van der Waals surface area contributed by atoms with E-state index in [9.17, 15) is 0 Å². The number of hydrogen-bond acceptors (Lipinski definition) is 3. The van der Waals surface area contributed by atoms with Crippen LogP contribution < -0.4 is 0 Å². The van der Waals surface area contributed by atoms with Gasteiger partial charge in [0.2, 0.25) is 0 Å². The molecule has 0 radical (unpaired) electrons. The van der Waals surface area contributed by atoms with Crippen LogP contribution in [0, 0.1) is 0 Å². The smallest absolute Gasteiger partial charge is 0.414 e.